The van der Waals surface area contributed by atoms with Crippen LogP contribution in [0, 0.1) is 11.7 Å². The molecule has 1 aromatic carbocycles. The lowest BCUT2D eigenvalue weighted by Gasteiger charge is -2.07. The Bertz CT molecular complexity index is 379. The Kier molecular flexibility index (Phi) is 8.28. The van der Waals surface area contributed by atoms with Crippen molar-refractivity contribution in [1.29, 1.82) is 0 Å². The van der Waals surface area contributed by atoms with Crippen LogP contribution < -0.4 is 10.1 Å². The van der Waals surface area contributed by atoms with Gasteiger partial charge in [-0.25, -0.2) is 4.39 Å². The van der Waals surface area contributed by atoms with E-state index in [2.05, 4.69) is 19.2 Å². The molecule has 20 heavy (non-hydrogen) atoms. The average Bonchev–Trinajstić information content (AvgIpc) is 2.41. The van der Waals surface area contributed by atoms with E-state index in [1.165, 1.54) is 45.3 Å². The summed E-state index contributed by atoms with van der Waals surface area (Å²) in [5.74, 6) is 0.831. The van der Waals surface area contributed by atoms with Crippen molar-refractivity contribution in [2.24, 2.45) is 5.92 Å². The predicted molar refractivity (Wildman–Crippen MR) is 82.6 cm³/mol. The van der Waals surface area contributed by atoms with Crippen LogP contribution in [0.4, 0.5) is 4.39 Å². The number of hydrogen-bond donors (Lipinski definition) is 1. The molecule has 0 radical (unpaired) electrons. The Morgan fingerprint density at radius 2 is 1.90 bits per heavy atom. The summed E-state index contributed by atoms with van der Waals surface area (Å²) in [4.78, 5) is 0. The van der Waals surface area contributed by atoms with Crippen molar-refractivity contribution in [1.82, 2.24) is 5.32 Å². The summed E-state index contributed by atoms with van der Waals surface area (Å²) in [5.41, 5.74) is 0.961. The maximum Gasteiger partial charge on any atom is 0.165 e. The van der Waals surface area contributed by atoms with Crippen LogP contribution in [0.1, 0.15) is 51.5 Å². The summed E-state index contributed by atoms with van der Waals surface area (Å²) in [6.07, 6.45) is 6.45. The highest BCUT2D eigenvalue weighted by atomic mass is 19.1. The molecule has 0 amide bonds. The molecule has 0 unspecified atom stereocenters. The standard InChI is InChI=1S/C17H28FNO/c1-14(2)8-6-4-5-7-11-19-13-15-9-10-17(20-3)16(18)12-15/h9-10,12,14,19H,4-8,11,13H2,1-3H3. The molecule has 0 aromatic heterocycles. The van der Waals surface area contributed by atoms with Crippen LogP contribution in [-0.4, -0.2) is 13.7 Å². The number of benzene rings is 1. The second kappa shape index (κ2) is 9.76. The largest absolute Gasteiger partial charge is 0.494 e. The maximum absolute atomic E-state index is 13.5. The molecule has 3 heteroatoms. The molecule has 0 bridgehead atoms. The van der Waals surface area contributed by atoms with Crippen molar-refractivity contribution in [3.8, 4) is 5.75 Å². The summed E-state index contributed by atoms with van der Waals surface area (Å²) >= 11 is 0. The first-order valence-electron chi connectivity index (χ1n) is 7.66. The highest BCUT2D eigenvalue weighted by Gasteiger charge is 2.02. The van der Waals surface area contributed by atoms with Crippen LogP contribution in [-0.2, 0) is 6.54 Å². The molecule has 0 saturated carbocycles. The minimum Gasteiger partial charge on any atom is -0.494 e. The first kappa shape index (κ1) is 17.0. The zero-order chi connectivity index (χ0) is 14.8. The van der Waals surface area contributed by atoms with Crippen molar-refractivity contribution in [2.45, 2.75) is 52.5 Å². The number of ether oxygens (including phenoxy) is 1. The van der Waals surface area contributed by atoms with Crippen LogP contribution in [0.5, 0.6) is 5.75 Å². The third kappa shape index (κ3) is 6.90. The quantitative estimate of drug-likeness (QED) is 0.636. The molecule has 114 valence electrons. The van der Waals surface area contributed by atoms with Gasteiger partial charge in [0.15, 0.2) is 11.6 Å². The van der Waals surface area contributed by atoms with E-state index in [0.29, 0.717) is 12.3 Å². The number of methoxy groups -OCH3 is 1. The molecule has 0 fully saturated rings. The minimum atomic E-state index is -0.291. The highest BCUT2D eigenvalue weighted by molar-refractivity contribution is 5.29. The van der Waals surface area contributed by atoms with Crippen LogP contribution >= 0.6 is 0 Å². The monoisotopic (exact) mass is 281 g/mol. The van der Waals surface area contributed by atoms with Crippen molar-refractivity contribution < 1.29 is 9.13 Å². The van der Waals surface area contributed by atoms with E-state index >= 15 is 0 Å². The summed E-state index contributed by atoms with van der Waals surface area (Å²) in [6.45, 7) is 6.26. The van der Waals surface area contributed by atoms with Gasteiger partial charge in [0.05, 0.1) is 7.11 Å². The fraction of sp³-hybridized carbons (Fsp3) is 0.647. The molecule has 0 heterocycles. The molecule has 1 N–H and O–H groups in total. The molecule has 2 nitrogen and oxygen atoms in total. The van der Waals surface area contributed by atoms with Crippen LogP contribution in [0.3, 0.4) is 0 Å². The van der Waals surface area contributed by atoms with Gasteiger partial charge < -0.3 is 10.1 Å². The van der Waals surface area contributed by atoms with Gasteiger partial charge >= 0.3 is 0 Å². The lowest BCUT2D eigenvalue weighted by molar-refractivity contribution is 0.386. The van der Waals surface area contributed by atoms with Crippen LogP contribution in [0.15, 0.2) is 18.2 Å². The van der Waals surface area contributed by atoms with Gasteiger partial charge in [-0.3, -0.25) is 0 Å². The second-order valence-corrected chi connectivity index (χ2v) is 5.74. The van der Waals surface area contributed by atoms with Crippen LogP contribution in [0.25, 0.3) is 0 Å². The highest BCUT2D eigenvalue weighted by Crippen LogP contribution is 2.17. The fourth-order valence-corrected chi connectivity index (χ4v) is 2.21. The molecule has 0 aliphatic heterocycles. The molecule has 0 aliphatic carbocycles. The maximum atomic E-state index is 13.5. The number of nitrogens with one attached hydrogen (secondary N) is 1. The second-order valence-electron chi connectivity index (χ2n) is 5.74. The number of rotatable bonds is 10. The van der Waals surface area contributed by atoms with E-state index < -0.39 is 0 Å². The Morgan fingerprint density at radius 3 is 2.55 bits per heavy atom. The van der Waals surface area contributed by atoms with Gasteiger partial charge in [0.1, 0.15) is 0 Å². The molecule has 1 rings (SSSR count). The first-order valence-corrected chi connectivity index (χ1v) is 7.66. The van der Waals surface area contributed by atoms with Gasteiger partial charge in [0.25, 0.3) is 0 Å². The first-order chi connectivity index (χ1) is 9.63. The van der Waals surface area contributed by atoms with Gasteiger partial charge in [-0.2, -0.15) is 0 Å². The van der Waals surface area contributed by atoms with Crippen molar-refractivity contribution >= 4 is 0 Å². The molecule has 0 saturated heterocycles. The Morgan fingerprint density at radius 1 is 1.15 bits per heavy atom. The molecular formula is C17H28FNO. The van der Waals surface area contributed by atoms with E-state index in [1.807, 2.05) is 6.07 Å². The SMILES string of the molecule is COc1ccc(CNCCCCCCC(C)C)cc1F. The topological polar surface area (TPSA) is 21.3 Å². The molecule has 0 atom stereocenters. The number of hydrogen-bond acceptors (Lipinski definition) is 2. The molecule has 0 spiro atoms. The zero-order valence-electron chi connectivity index (χ0n) is 13.0. The summed E-state index contributed by atoms with van der Waals surface area (Å²) in [7, 11) is 1.48. The van der Waals surface area contributed by atoms with Gasteiger partial charge in [-0.15, -0.1) is 0 Å². The fourth-order valence-electron chi connectivity index (χ4n) is 2.21. The third-order valence-corrected chi connectivity index (χ3v) is 3.43. The summed E-state index contributed by atoms with van der Waals surface area (Å²) < 4.78 is 18.4. The van der Waals surface area contributed by atoms with Gasteiger partial charge in [0, 0.05) is 6.54 Å². The molecule has 0 aliphatic rings. The smallest absolute Gasteiger partial charge is 0.165 e. The summed E-state index contributed by atoms with van der Waals surface area (Å²) in [6, 6.07) is 5.12. The van der Waals surface area contributed by atoms with E-state index in [-0.39, 0.29) is 5.82 Å². The lowest BCUT2D eigenvalue weighted by Crippen LogP contribution is -2.14. The van der Waals surface area contributed by atoms with Crippen molar-refractivity contribution in [2.75, 3.05) is 13.7 Å². The van der Waals surface area contributed by atoms with E-state index in [4.69, 9.17) is 4.74 Å². The Balaban J connectivity index is 2.08. The van der Waals surface area contributed by atoms with E-state index in [1.54, 1.807) is 6.07 Å². The molecular weight excluding hydrogens is 253 g/mol. The summed E-state index contributed by atoms with van der Waals surface area (Å²) in [5, 5.41) is 3.36. The predicted octanol–water partition coefficient (Wildman–Crippen LogP) is 4.53. The third-order valence-electron chi connectivity index (χ3n) is 3.43. The van der Waals surface area contributed by atoms with Gasteiger partial charge in [0.2, 0.25) is 0 Å². The normalized spacial score (nSPS) is 11.1. The lowest BCUT2D eigenvalue weighted by atomic mass is 10.0. The van der Waals surface area contributed by atoms with Crippen molar-refractivity contribution in [3.05, 3.63) is 29.6 Å². The number of unbranched alkanes of at least 4 members (excludes halogenated alkanes) is 3. The van der Waals surface area contributed by atoms with Crippen molar-refractivity contribution in [3.63, 3.8) is 0 Å². The Hall–Kier alpha value is -1.09. The van der Waals surface area contributed by atoms with Gasteiger partial charge in [-0.1, -0.05) is 45.6 Å². The minimum absolute atomic E-state index is 0.291. The Labute approximate surface area is 122 Å². The van der Waals surface area contributed by atoms with E-state index in [0.717, 1.165) is 18.0 Å². The molecule has 1 aromatic rings. The number of halogens is 1. The van der Waals surface area contributed by atoms with Gasteiger partial charge in [-0.05, 0) is 36.6 Å². The average molecular weight is 281 g/mol. The van der Waals surface area contributed by atoms with Crippen LogP contribution in [0.2, 0.25) is 0 Å². The van der Waals surface area contributed by atoms with E-state index in [9.17, 15) is 4.39 Å². The zero-order valence-corrected chi connectivity index (χ0v) is 13.0.